The van der Waals surface area contributed by atoms with Crippen molar-refractivity contribution >= 4 is 11.0 Å². The van der Waals surface area contributed by atoms with E-state index in [1.54, 1.807) is 10.7 Å². The summed E-state index contributed by atoms with van der Waals surface area (Å²) in [7, 11) is 0. The Balaban J connectivity index is 2.11. The fraction of sp³-hybridized carbons (Fsp3) is 0.250. The first-order valence-corrected chi connectivity index (χ1v) is 6.68. The lowest BCUT2D eigenvalue weighted by atomic mass is 10.00. The molecule has 0 saturated heterocycles. The molecule has 0 bridgehead atoms. The van der Waals surface area contributed by atoms with Crippen LogP contribution in [-0.4, -0.2) is 9.90 Å². The highest BCUT2D eigenvalue weighted by atomic mass is 16.5. The monoisotopic (exact) mass is 267 g/mol. The maximum Gasteiger partial charge on any atom is 0.202 e. The average molecular weight is 267 g/mol. The molecule has 0 amide bonds. The standard InChI is InChI=1S/C16H17N3O/c1-11-8-12(2)14(13(3)9-11)10-18-15-6-4-5-7-16(15)19(20)17-18/h4-9H,10H2,1-3H3. The van der Waals surface area contributed by atoms with Crippen molar-refractivity contribution in [3.8, 4) is 0 Å². The zero-order chi connectivity index (χ0) is 14.3. The minimum atomic E-state index is 0.606. The van der Waals surface area contributed by atoms with Crippen LogP contribution in [0.5, 0.6) is 0 Å². The van der Waals surface area contributed by atoms with Gasteiger partial charge < -0.3 is 5.21 Å². The molecule has 1 heterocycles. The topological polar surface area (TPSA) is 44.8 Å². The van der Waals surface area contributed by atoms with E-state index in [1.165, 1.54) is 22.3 Å². The molecule has 0 atom stereocenters. The Morgan fingerprint density at radius 3 is 2.45 bits per heavy atom. The van der Waals surface area contributed by atoms with Gasteiger partial charge in [-0.05, 0) is 44.0 Å². The van der Waals surface area contributed by atoms with Crippen LogP contribution in [0.2, 0.25) is 0 Å². The van der Waals surface area contributed by atoms with Gasteiger partial charge in [-0.3, -0.25) is 0 Å². The molecule has 0 fully saturated rings. The van der Waals surface area contributed by atoms with E-state index in [9.17, 15) is 5.21 Å². The molecule has 4 heteroatoms. The van der Waals surface area contributed by atoms with E-state index < -0.39 is 0 Å². The number of para-hydroxylation sites is 2. The number of nitrogens with zero attached hydrogens (tertiary/aromatic N) is 3. The summed E-state index contributed by atoms with van der Waals surface area (Å²) in [6.45, 7) is 6.92. The van der Waals surface area contributed by atoms with Crippen LogP contribution in [0.1, 0.15) is 22.3 Å². The lowest BCUT2D eigenvalue weighted by Gasteiger charge is -2.08. The highest BCUT2D eigenvalue weighted by molar-refractivity contribution is 5.71. The molecule has 3 aromatic rings. The second kappa shape index (κ2) is 4.63. The number of hydrogen-bond donors (Lipinski definition) is 0. The second-order valence-electron chi connectivity index (χ2n) is 5.29. The van der Waals surface area contributed by atoms with Gasteiger partial charge in [0.2, 0.25) is 5.52 Å². The summed E-state index contributed by atoms with van der Waals surface area (Å²) in [6, 6.07) is 11.8. The number of fused-ring (bicyclic) bond motifs is 1. The number of benzene rings is 2. The SMILES string of the molecule is Cc1cc(C)c(Cn2n[n+]([O-])c3ccccc32)c(C)c1. The zero-order valence-electron chi connectivity index (χ0n) is 11.9. The number of rotatable bonds is 2. The van der Waals surface area contributed by atoms with Crippen LogP contribution in [-0.2, 0) is 6.54 Å². The van der Waals surface area contributed by atoms with E-state index in [-0.39, 0.29) is 0 Å². The highest BCUT2D eigenvalue weighted by Gasteiger charge is 2.15. The summed E-state index contributed by atoms with van der Waals surface area (Å²) in [5.74, 6) is 0. The molecule has 0 aliphatic rings. The molecule has 3 rings (SSSR count). The summed E-state index contributed by atoms with van der Waals surface area (Å²) in [6.07, 6.45) is 0. The Labute approximate surface area is 117 Å². The Kier molecular flexibility index (Phi) is 2.93. The molecule has 0 saturated carbocycles. The summed E-state index contributed by atoms with van der Waals surface area (Å²) in [5, 5.41) is 15.9. The predicted octanol–water partition coefficient (Wildman–Crippen LogP) is 2.64. The van der Waals surface area contributed by atoms with E-state index in [2.05, 4.69) is 38.1 Å². The largest absolute Gasteiger partial charge is 0.691 e. The average Bonchev–Trinajstić information content (AvgIpc) is 2.71. The maximum absolute atomic E-state index is 11.8. The minimum absolute atomic E-state index is 0.606. The predicted molar refractivity (Wildman–Crippen MR) is 78.4 cm³/mol. The highest BCUT2D eigenvalue weighted by Crippen LogP contribution is 2.19. The van der Waals surface area contributed by atoms with Crippen molar-refractivity contribution in [3.63, 3.8) is 0 Å². The Morgan fingerprint density at radius 2 is 1.75 bits per heavy atom. The molecule has 20 heavy (non-hydrogen) atoms. The van der Waals surface area contributed by atoms with Crippen molar-refractivity contribution < 1.29 is 4.85 Å². The molecule has 2 aromatic carbocycles. The Bertz CT molecular complexity index is 767. The maximum atomic E-state index is 11.8. The first kappa shape index (κ1) is 12.7. The van der Waals surface area contributed by atoms with Gasteiger partial charge in [0.1, 0.15) is 6.54 Å². The van der Waals surface area contributed by atoms with E-state index in [0.717, 1.165) is 5.52 Å². The van der Waals surface area contributed by atoms with E-state index in [1.807, 2.05) is 18.2 Å². The van der Waals surface area contributed by atoms with Gasteiger partial charge in [-0.1, -0.05) is 29.8 Å². The van der Waals surface area contributed by atoms with Crippen molar-refractivity contribution in [3.05, 3.63) is 63.9 Å². The van der Waals surface area contributed by atoms with Crippen LogP contribution >= 0.6 is 0 Å². The molecule has 0 unspecified atom stereocenters. The Hall–Kier alpha value is -2.36. The lowest BCUT2D eigenvalue weighted by molar-refractivity contribution is -0.646. The van der Waals surface area contributed by atoms with E-state index in [0.29, 0.717) is 16.9 Å². The fourth-order valence-corrected chi connectivity index (χ4v) is 2.76. The van der Waals surface area contributed by atoms with Gasteiger partial charge in [0.15, 0.2) is 5.52 Å². The zero-order valence-corrected chi connectivity index (χ0v) is 11.9. The van der Waals surface area contributed by atoms with Crippen LogP contribution in [0.25, 0.3) is 11.0 Å². The Morgan fingerprint density at radius 1 is 1.10 bits per heavy atom. The van der Waals surface area contributed by atoms with Crippen molar-refractivity contribution in [2.24, 2.45) is 0 Å². The number of aromatic nitrogens is 3. The van der Waals surface area contributed by atoms with E-state index >= 15 is 0 Å². The molecule has 102 valence electrons. The van der Waals surface area contributed by atoms with Crippen molar-refractivity contribution in [1.29, 1.82) is 0 Å². The van der Waals surface area contributed by atoms with Crippen LogP contribution < -0.4 is 4.85 Å². The normalized spacial score (nSPS) is 11.2. The van der Waals surface area contributed by atoms with Crippen molar-refractivity contribution in [2.75, 3.05) is 0 Å². The first-order chi connectivity index (χ1) is 9.56. The molecule has 0 aliphatic carbocycles. The van der Waals surface area contributed by atoms with Crippen LogP contribution in [0, 0.1) is 26.0 Å². The molecule has 0 N–H and O–H groups in total. The number of hydrogen-bond acceptors (Lipinski definition) is 2. The molecular weight excluding hydrogens is 250 g/mol. The molecule has 1 aromatic heterocycles. The number of aryl methyl sites for hydroxylation is 3. The smallest absolute Gasteiger partial charge is 0.202 e. The first-order valence-electron chi connectivity index (χ1n) is 6.68. The van der Waals surface area contributed by atoms with Crippen molar-refractivity contribution in [2.45, 2.75) is 27.3 Å². The lowest BCUT2D eigenvalue weighted by Crippen LogP contribution is -2.29. The van der Waals surface area contributed by atoms with Gasteiger partial charge in [0, 0.05) is 5.56 Å². The van der Waals surface area contributed by atoms with Gasteiger partial charge in [-0.25, -0.2) is 0 Å². The summed E-state index contributed by atoms with van der Waals surface area (Å²) in [5.41, 5.74) is 6.42. The molecular formula is C16H17N3O. The summed E-state index contributed by atoms with van der Waals surface area (Å²) < 4.78 is 1.77. The summed E-state index contributed by atoms with van der Waals surface area (Å²) >= 11 is 0. The fourth-order valence-electron chi connectivity index (χ4n) is 2.76. The van der Waals surface area contributed by atoms with Crippen molar-refractivity contribution in [1.82, 2.24) is 9.90 Å². The molecule has 4 nitrogen and oxygen atoms in total. The van der Waals surface area contributed by atoms with Gasteiger partial charge in [-0.2, -0.15) is 0 Å². The van der Waals surface area contributed by atoms with Gasteiger partial charge in [0.25, 0.3) is 0 Å². The second-order valence-corrected chi connectivity index (χ2v) is 5.29. The molecule has 0 aliphatic heterocycles. The molecule has 0 spiro atoms. The minimum Gasteiger partial charge on any atom is -0.691 e. The van der Waals surface area contributed by atoms with E-state index in [4.69, 9.17) is 0 Å². The van der Waals surface area contributed by atoms with Crippen LogP contribution in [0.15, 0.2) is 36.4 Å². The van der Waals surface area contributed by atoms with Gasteiger partial charge in [0.05, 0.1) is 5.21 Å². The quantitative estimate of drug-likeness (QED) is 0.529. The third-order valence-corrected chi connectivity index (χ3v) is 3.70. The van der Waals surface area contributed by atoms with Crippen LogP contribution in [0.3, 0.4) is 0 Å². The van der Waals surface area contributed by atoms with Crippen LogP contribution in [0.4, 0.5) is 0 Å². The van der Waals surface area contributed by atoms with Gasteiger partial charge in [-0.15, -0.1) is 9.53 Å². The molecule has 0 radical (unpaired) electrons. The third kappa shape index (κ3) is 2.03. The third-order valence-electron chi connectivity index (χ3n) is 3.70. The summed E-state index contributed by atoms with van der Waals surface area (Å²) in [4.78, 5) is 0.689. The van der Waals surface area contributed by atoms with Gasteiger partial charge >= 0.3 is 0 Å².